The van der Waals surface area contributed by atoms with Crippen molar-refractivity contribution < 1.29 is 74.0 Å². The lowest BCUT2D eigenvalue weighted by molar-refractivity contribution is -0.143. The number of piperidine rings is 2. The van der Waals surface area contributed by atoms with Crippen LogP contribution in [0, 0.1) is 5.82 Å². The number of carboxylic acid groups (broad SMARTS) is 1. The van der Waals surface area contributed by atoms with Gasteiger partial charge in [0.1, 0.15) is 24.8 Å². The largest absolute Gasteiger partial charge is 0.465 e. The Morgan fingerprint density at radius 2 is 1.32 bits per heavy atom. The van der Waals surface area contributed by atoms with E-state index in [0.717, 1.165) is 78.2 Å². The number of alkyl halides is 6. The number of likely N-dealkylation sites (tertiary alicyclic amines) is 2. The number of ether oxygens (including phenoxy) is 3. The number of carbonyl (C=O) groups excluding carboxylic acids is 4. The predicted octanol–water partition coefficient (Wildman–Crippen LogP) is 14.7. The van der Waals surface area contributed by atoms with Crippen LogP contribution in [0.1, 0.15) is 114 Å². The predicted molar refractivity (Wildman–Crippen MR) is 383 cm³/mol. The molecule has 6 aromatic rings. The highest BCUT2D eigenvalue weighted by Crippen LogP contribution is 2.49. The lowest BCUT2D eigenvalue weighted by Gasteiger charge is -2.44. The highest BCUT2D eigenvalue weighted by Gasteiger charge is 2.50. The van der Waals surface area contributed by atoms with Gasteiger partial charge in [-0.3, -0.25) is 24.6 Å². The summed E-state index contributed by atoms with van der Waals surface area (Å²) < 4.78 is 115. The maximum Gasteiger partial charge on any atom is 0.416 e. The number of hydrogen-bond acceptors (Lipinski definition) is 11. The maximum atomic E-state index is 14.2. The number of unbranched alkanes of at least 4 members (excludes halogenated alkanes) is 3. The van der Waals surface area contributed by atoms with Crippen LogP contribution in [0.3, 0.4) is 0 Å². The molecule has 5 amide bonds. The second-order valence-corrected chi connectivity index (χ2v) is 26.4. The average molecular weight is 1490 g/mol. The fourth-order valence-electron chi connectivity index (χ4n) is 14.1. The number of fused-ring (bicyclic) bond motifs is 2. The van der Waals surface area contributed by atoms with Crippen molar-refractivity contribution in [1.29, 1.82) is 0 Å². The van der Waals surface area contributed by atoms with Crippen LogP contribution in [0.4, 0.5) is 51.7 Å². The van der Waals surface area contributed by atoms with E-state index in [-0.39, 0.29) is 93.4 Å². The maximum absolute atomic E-state index is 14.2. The number of nitrogens with one attached hydrogen (secondary N) is 2. The van der Waals surface area contributed by atoms with Gasteiger partial charge in [-0.05, 0) is 160 Å². The van der Waals surface area contributed by atoms with Gasteiger partial charge in [-0.15, -0.1) is 37.2 Å². The first-order valence-corrected chi connectivity index (χ1v) is 34.0. The molecular formula is C75H90Cl3F7N8O9. The Hall–Kier alpha value is -7.55. The van der Waals surface area contributed by atoms with E-state index in [1.807, 2.05) is 98.0 Å². The lowest BCUT2D eigenvalue weighted by atomic mass is 9.72. The number of nitrogens with zero attached hydrogens (tertiary/aromatic N) is 6. The highest BCUT2D eigenvalue weighted by atomic mass is 35.5. The normalized spacial score (nSPS) is 17.5. The van der Waals surface area contributed by atoms with Crippen LogP contribution in [0.2, 0.25) is 0 Å². The fraction of sp³-hybridized carbons (Fsp3) is 0.453. The summed E-state index contributed by atoms with van der Waals surface area (Å²) in [5, 5.41) is 16.6. The fourth-order valence-corrected chi connectivity index (χ4v) is 14.1. The summed E-state index contributed by atoms with van der Waals surface area (Å²) in [6, 6.07) is 39.2. The molecule has 3 aliphatic heterocycles. The summed E-state index contributed by atoms with van der Waals surface area (Å²) in [5.74, 6) is -1.68. The Morgan fingerprint density at radius 3 is 2.00 bits per heavy atom. The molecule has 3 N–H and O–H groups in total. The second-order valence-electron chi connectivity index (χ2n) is 26.4. The van der Waals surface area contributed by atoms with Crippen molar-refractivity contribution in [3.63, 3.8) is 0 Å². The zero-order valence-electron chi connectivity index (χ0n) is 57.2. The minimum absolute atomic E-state index is 0. The Morgan fingerprint density at radius 1 is 0.686 bits per heavy atom. The van der Waals surface area contributed by atoms with Crippen LogP contribution in [0.15, 0.2) is 146 Å². The number of para-hydroxylation sites is 1. The standard InChI is InChI=1S/C75H87F7N8O9.3ClH/c1-85(36-13-14-44-97-70(94)84-61-28-22-53(23-29-61)49-83-35-12-4-7-21-67(91)86(2)42-43-87-37-30-62(31-38-87)90(71(95)96)65-20-11-9-18-63(65)54-15-5-3-6-16-54)68(92)50-98-66-47-55-17-8-10-19-64(55)72(66)32-39-88(40-33-72)41-34-73(57-24-26-60(76)27-25-57)51-89(52-99-73)69(93)56-45-58(74(77,78)79)48-59(46-56)75(80,81)82;;;/h3,5-6,8-11,15-20,22-29,45-46,48,62,66,83H,4,7,12-14,21,30-44,47,49-52H2,1-2H3,(H,84,94)(H,95,96);3*1H/t66-,73+;;;/m0.../s1. The number of amides is 5. The topological polar surface area (TPSA) is 177 Å². The Bertz CT molecular complexity index is 3690. The van der Waals surface area contributed by atoms with Crippen molar-refractivity contribution in [1.82, 2.24) is 29.8 Å². The molecule has 554 valence electrons. The minimum atomic E-state index is -5.15. The summed E-state index contributed by atoms with van der Waals surface area (Å²) in [7, 11) is 3.56. The highest BCUT2D eigenvalue weighted by molar-refractivity contribution is 5.95. The molecule has 0 unspecified atom stereocenters. The zero-order chi connectivity index (χ0) is 70.3. The van der Waals surface area contributed by atoms with Gasteiger partial charge in [-0.1, -0.05) is 103 Å². The molecule has 102 heavy (non-hydrogen) atoms. The van der Waals surface area contributed by atoms with Crippen molar-refractivity contribution in [2.75, 3.05) is 110 Å². The Balaban J connectivity index is 0.00000486. The summed E-state index contributed by atoms with van der Waals surface area (Å²) in [4.78, 5) is 76.1. The monoisotopic (exact) mass is 1480 g/mol. The van der Waals surface area contributed by atoms with Crippen molar-refractivity contribution >= 4 is 78.5 Å². The minimum Gasteiger partial charge on any atom is -0.465 e. The van der Waals surface area contributed by atoms with Gasteiger partial charge in [0.15, 0.2) is 0 Å². The van der Waals surface area contributed by atoms with Crippen LogP contribution < -0.4 is 15.5 Å². The number of rotatable bonds is 28. The molecule has 2 atom stereocenters. The molecule has 6 aromatic carbocycles. The van der Waals surface area contributed by atoms with Gasteiger partial charge in [0, 0.05) is 94.6 Å². The van der Waals surface area contributed by atoms with Crippen molar-refractivity contribution in [3.8, 4) is 11.1 Å². The summed E-state index contributed by atoms with van der Waals surface area (Å²) in [5.41, 5.74) is 1.30. The van der Waals surface area contributed by atoms with Crippen LogP contribution in [-0.4, -0.2) is 171 Å². The van der Waals surface area contributed by atoms with Gasteiger partial charge in [-0.25, -0.2) is 14.0 Å². The van der Waals surface area contributed by atoms with Crippen LogP contribution in [-0.2, 0) is 60.1 Å². The van der Waals surface area contributed by atoms with Gasteiger partial charge < -0.3 is 49.1 Å². The molecular weight excluding hydrogens is 1400 g/mol. The van der Waals surface area contributed by atoms with Gasteiger partial charge in [-0.2, -0.15) is 26.3 Å². The van der Waals surface area contributed by atoms with E-state index in [2.05, 4.69) is 32.6 Å². The van der Waals surface area contributed by atoms with Gasteiger partial charge in [0.05, 0.1) is 36.1 Å². The van der Waals surface area contributed by atoms with Gasteiger partial charge >= 0.3 is 24.5 Å². The number of anilines is 2. The quantitative estimate of drug-likeness (QED) is 0.0313. The molecule has 0 radical (unpaired) electrons. The van der Waals surface area contributed by atoms with Crippen molar-refractivity contribution in [2.45, 2.75) is 119 Å². The molecule has 1 spiro atoms. The van der Waals surface area contributed by atoms with Crippen LogP contribution in [0.25, 0.3) is 11.1 Å². The number of likely N-dealkylation sites (N-methyl/N-ethyl adjacent to an activating group) is 2. The molecule has 3 fully saturated rings. The molecule has 3 saturated heterocycles. The first kappa shape index (κ1) is 81.7. The molecule has 3 heterocycles. The smallest absolute Gasteiger partial charge is 0.416 e. The molecule has 10 rings (SSSR count). The van der Waals surface area contributed by atoms with Crippen molar-refractivity contribution in [2.24, 2.45) is 0 Å². The molecule has 1 aliphatic carbocycles. The summed E-state index contributed by atoms with van der Waals surface area (Å²) in [6.07, 6.45) is -4.31. The van der Waals surface area contributed by atoms with Crippen molar-refractivity contribution in [3.05, 3.63) is 190 Å². The number of hydrogen-bond donors (Lipinski definition) is 3. The van der Waals surface area contributed by atoms with Crippen LogP contribution >= 0.6 is 37.2 Å². The first-order valence-electron chi connectivity index (χ1n) is 34.0. The molecule has 0 bridgehead atoms. The first-order chi connectivity index (χ1) is 47.5. The van der Waals surface area contributed by atoms with Gasteiger partial charge in [0.25, 0.3) is 5.91 Å². The lowest BCUT2D eigenvalue weighted by Crippen LogP contribution is -2.50. The van der Waals surface area contributed by atoms with E-state index in [4.69, 9.17) is 14.2 Å². The average Bonchev–Trinajstić information content (AvgIpc) is 1.58. The molecule has 0 aromatic heterocycles. The number of benzene rings is 6. The van der Waals surface area contributed by atoms with E-state index >= 15 is 0 Å². The summed E-state index contributed by atoms with van der Waals surface area (Å²) >= 11 is 0. The van der Waals surface area contributed by atoms with E-state index < -0.39 is 70.7 Å². The van der Waals surface area contributed by atoms with E-state index in [9.17, 15) is 59.8 Å². The van der Waals surface area contributed by atoms with E-state index in [1.54, 1.807) is 16.8 Å². The Labute approximate surface area is 609 Å². The zero-order valence-corrected chi connectivity index (χ0v) is 59.6. The molecule has 0 saturated carbocycles. The molecule has 27 heteroatoms. The van der Waals surface area contributed by atoms with Gasteiger partial charge in [0.2, 0.25) is 11.8 Å². The molecule has 4 aliphatic rings. The molecule has 17 nitrogen and oxygen atoms in total. The van der Waals surface area contributed by atoms with E-state index in [0.29, 0.717) is 120 Å². The van der Waals surface area contributed by atoms with Crippen LogP contribution in [0.5, 0.6) is 0 Å². The SMILES string of the molecule is CN(CCN1CCC(N(C(=O)O)c2ccccc2-c2ccccc2)CC1)C(=O)CCCCCNCc1ccc(NC(=O)OCCCCN(C)C(=O)CO[C@H]2Cc3ccccc3C23CCN(CC[C@]2(c4ccc(F)cc4)CN(C(=O)c4cc(C(F)(F)F)cc(C(F)(F)F)c4)CO2)CC3)cc1.Cl.Cl.Cl. The summed E-state index contributed by atoms with van der Waals surface area (Å²) in [6.45, 7) is 5.70. The third kappa shape index (κ3) is 21.1. The second kappa shape index (κ2) is 37.2. The number of halogens is 10. The third-order valence-corrected chi connectivity index (χ3v) is 19.9. The Kier molecular flexibility index (Phi) is 29.8. The number of carbonyl (C=O) groups is 5. The third-order valence-electron chi connectivity index (χ3n) is 19.9. The van der Waals surface area contributed by atoms with E-state index in [1.165, 1.54) is 29.2 Å².